The number of aliphatic carboxylic acids is 1. The minimum absolute atomic E-state index is 0.139. The predicted molar refractivity (Wildman–Crippen MR) is 117 cm³/mol. The summed E-state index contributed by atoms with van der Waals surface area (Å²) in [5, 5.41) is 24.9. The Labute approximate surface area is 186 Å². The summed E-state index contributed by atoms with van der Waals surface area (Å²) in [6.07, 6.45) is 0.756. The standard InChI is InChI=1S/C24H28N2O6/c1-32-18-9-5-8-17(14-18)22(28)26-20(13-16-10-11-16)23(29)25-19(21(27)24(30)31)12-15-6-3-2-4-7-15/h2-9,14,16,19-21,27H,10-13H2,1H3,(H,25,29)(H,26,28)(H,30,31). The minimum atomic E-state index is -1.78. The molecule has 0 spiro atoms. The third kappa shape index (κ3) is 6.55. The van der Waals surface area contributed by atoms with Gasteiger partial charge < -0.3 is 25.6 Å². The maximum atomic E-state index is 13.1. The van der Waals surface area contributed by atoms with Crippen LogP contribution >= 0.6 is 0 Å². The molecule has 170 valence electrons. The third-order valence-electron chi connectivity index (χ3n) is 5.48. The normalized spacial score (nSPS) is 15.8. The highest BCUT2D eigenvalue weighted by Gasteiger charge is 2.34. The van der Waals surface area contributed by atoms with Crippen molar-refractivity contribution in [3.63, 3.8) is 0 Å². The Morgan fingerprint density at radius 1 is 1.06 bits per heavy atom. The Bertz CT molecular complexity index is 945. The van der Waals surface area contributed by atoms with Crippen LogP contribution in [0.15, 0.2) is 54.6 Å². The number of nitrogens with one attached hydrogen (secondary N) is 2. The van der Waals surface area contributed by atoms with Crippen LogP contribution in [0.3, 0.4) is 0 Å². The lowest BCUT2D eigenvalue weighted by Crippen LogP contribution is -2.54. The van der Waals surface area contributed by atoms with E-state index in [-0.39, 0.29) is 6.42 Å². The molecule has 0 aromatic heterocycles. The minimum Gasteiger partial charge on any atom is -0.497 e. The van der Waals surface area contributed by atoms with E-state index in [9.17, 15) is 24.6 Å². The lowest BCUT2D eigenvalue weighted by Gasteiger charge is -2.25. The first-order valence-electron chi connectivity index (χ1n) is 10.6. The number of carbonyl (C=O) groups excluding carboxylic acids is 2. The molecule has 1 aliphatic carbocycles. The molecule has 32 heavy (non-hydrogen) atoms. The molecule has 2 aromatic carbocycles. The number of benzene rings is 2. The van der Waals surface area contributed by atoms with Gasteiger partial charge in [-0.2, -0.15) is 0 Å². The Kier molecular flexibility index (Phi) is 7.83. The summed E-state index contributed by atoms with van der Waals surface area (Å²) in [5.74, 6) is -1.52. The number of ether oxygens (including phenoxy) is 1. The molecule has 2 amide bonds. The van der Waals surface area contributed by atoms with Gasteiger partial charge in [0.25, 0.3) is 5.91 Å². The number of hydrogen-bond donors (Lipinski definition) is 4. The van der Waals surface area contributed by atoms with Gasteiger partial charge >= 0.3 is 5.97 Å². The molecule has 8 heteroatoms. The molecule has 3 unspecified atom stereocenters. The Hall–Kier alpha value is -3.39. The molecule has 4 N–H and O–H groups in total. The first-order chi connectivity index (χ1) is 15.4. The summed E-state index contributed by atoms with van der Waals surface area (Å²) in [5.41, 5.74) is 1.13. The summed E-state index contributed by atoms with van der Waals surface area (Å²) < 4.78 is 5.15. The number of amides is 2. The fourth-order valence-corrected chi connectivity index (χ4v) is 3.49. The average Bonchev–Trinajstić information content (AvgIpc) is 3.62. The quantitative estimate of drug-likeness (QED) is 0.422. The average molecular weight is 440 g/mol. The molecule has 0 bridgehead atoms. The predicted octanol–water partition coefficient (Wildman–Crippen LogP) is 1.77. The van der Waals surface area contributed by atoms with Crippen molar-refractivity contribution in [3.05, 3.63) is 65.7 Å². The lowest BCUT2D eigenvalue weighted by atomic mass is 10.00. The molecule has 0 heterocycles. The molecule has 8 nitrogen and oxygen atoms in total. The van der Waals surface area contributed by atoms with Gasteiger partial charge in [-0.05, 0) is 42.5 Å². The van der Waals surface area contributed by atoms with Gasteiger partial charge in [0.1, 0.15) is 11.8 Å². The van der Waals surface area contributed by atoms with E-state index in [0.29, 0.717) is 23.7 Å². The van der Waals surface area contributed by atoms with E-state index in [1.165, 1.54) is 7.11 Å². The zero-order valence-electron chi connectivity index (χ0n) is 17.9. The van der Waals surface area contributed by atoms with Crippen LogP contribution in [0.1, 0.15) is 35.2 Å². The molecule has 3 atom stereocenters. The van der Waals surface area contributed by atoms with Crippen LogP contribution in [0.2, 0.25) is 0 Å². The molecule has 1 fully saturated rings. The van der Waals surface area contributed by atoms with Gasteiger partial charge in [0.15, 0.2) is 6.10 Å². The van der Waals surface area contributed by atoms with Crippen LogP contribution in [0.5, 0.6) is 5.75 Å². The van der Waals surface area contributed by atoms with E-state index in [0.717, 1.165) is 18.4 Å². The first kappa shape index (κ1) is 23.3. The van der Waals surface area contributed by atoms with Gasteiger partial charge in [0.05, 0.1) is 13.2 Å². The van der Waals surface area contributed by atoms with Crippen LogP contribution in [0, 0.1) is 5.92 Å². The molecule has 0 radical (unpaired) electrons. The van der Waals surface area contributed by atoms with Gasteiger partial charge in [-0.25, -0.2) is 4.79 Å². The Morgan fingerprint density at radius 3 is 2.41 bits per heavy atom. The molecular formula is C24H28N2O6. The number of aliphatic hydroxyl groups is 1. The van der Waals surface area contributed by atoms with E-state index < -0.39 is 36.0 Å². The van der Waals surface area contributed by atoms with E-state index in [2.05, 4.69) is 10.6 Å². The van der Waals surface area contributed by atoms with E-state index in [1.807, 2.05) is 6.07 Å². The molecular weight excluding hydrogens is 412 g/mol. The number of carbonyl (C=O) groups is 3. The van der Waals surface area contributed by atoms with E-state index in [4.69, 9.17) is 4.74 Å². The molecule has 0 saturated heterocycles. The maximum Gasteiger partial charge on any atom is 0.334 e. The largest absolute Gasteiger partial charge is 0.497 e. The molecule has 1 aliphatic rings. The second-order valence-electron chi connectivity index (χ2n) is 8.02. The van der Waals surface area contributed by atoms with Crippen molar-refractivity contribution in [2.75, 3.05) is 7.11 Å². The van der Waals surface area contributed by atoms with Crippen molar-refractivity contribution < 1.29 is 29.3 Å². The van der Waals surface area contributed by atoms with Crippen molar-refractivity contribution >= 4 is 17.8 Å². The summed E-state index contributed by atoms with van der Waals surface area (Å²) >= 11 is 0. The Balaban J connectivity index is 1.73. The van der Waals surface area contributed by atoms with E-state index >= 15 is 0 Å². The Morgan fingerprint density at radius 2 is 1.78 bits per heavy atom. The lowest BCUT2D eigenvalue weighted by molar-refractivity contribution is -0.148. The molecule has 1 saturated carbocycles. The van der Waals surface area contributed by atoms with Gasteiger partial charge in [0.2, 0.25) is 5.91 Å². The van der Waals surface area contributed by atoms with Crippen molar-refractivity contribution in [2.24, 2.45) is 5.92 Å². The SMILES string of the molecule is COc1cccc(C(=O)NC(CC2CC2)C(=O)NC(Cc2ccccc2)C(O)C(=O)O)c1. The van der Waals surface area contributed by atoms with Crippen LogP contribution in [0.4, 0.5) is 0 Å². The number of carboxylic acid groups (broad SMARTS) is 1. The summed E-state index contributed by atoms with van der Waals surface area (Å²) in [6.45, 7) is 0. The highest BCUT2D eigenvalue weighted by molar-refractivity contribution is 5.98. The van der Waals surface area contributed by atoms with Crippen molar-refractivity contribution in [2.45, 2.75) is 43.9 Å². The third-order valence-corrected chi connectivity index (χ3v) is 5.48. The smallest absolute Gasteiger partial charge is 0.334 e. The topological polar surface area (TPSA) is 125 Å². The molecule has 2 aromatic rings. The highest BCUT2D eigenvalue weighted by Crippen LogP contribution is 2.33. The number of hydrogen-bond acceptors (Lipinski definition) is 5. The number of aliphatic hydroxyl groups excluding tert-OH is 1. The number of carboxylic acids is 1. The fourth-order valence-electron chi connectivity index (χ4n) is 3.49. The molecule has 0 aliphatic heterocycles. The zero-order valence-corrected chi connectivity index (χ0v) is 17.9. The van der Waals surface area contributed by atoms with Gasteiger partial charge in [-0.3, -0.25) is 9.59 Å². The van der Waals surface area contributed by atoms with Gasteiger partial charge in [-0.1, -0.05) is 49.2 Å². The second-order valence-corrected chi connectivity index (χ2v) is 8.02. The maximum absolute atomic E-state index is 13.1. The monoisotopic (exact) mass is 440 g/mol. The number of rotatable bonds is 11. The highest BCUT2D eigenvalue weighted by atomic mass is 16.5. The number of methoxy groups -OCH3 is 1. The summed E-state index contributed by atoms with van der Waals surface area (Å²) in [7, 11) is 1.50. The van der Waals surface area contributed by atoms with E-state index in [1.54, 1.807) is 48.5 Å². The van der Waals surface area contributed by atoms with Crippen LogP contribution in [0.25, 0.3) is 0 Å². The van der Waals surface area contributed by atoms with Crippen LogP contribution in [-0.4, -0.2) is 53.3 Å². The first-order valence-corrected chi connectivity index (χ1v) is 10.6. The summed E-state index contributed by atoms with van der Waals surface area (Å²) in [4.78, 5) is 37.2. The second kappa shape index (κ2) is 10.8. The molecule has 3 rings (SSSR count). The van der Waals surface area contributed by atoms with Crippen molar-refractivity contribution in [3.8, 4) is 5.75 Å². The zero-order chi connectivity index (χ0) is 23.1. The van der Waals surface area contributed by atoms with Crippen LogP contribution < -0.4 is 15.4 Å². The van der Waals surface area contributed by atoms with Crippen molar-refractivity contribution in [1.29, 1.82) is 0 Å². The fraction of sp³-hybridized carbons (Fsp3) is 0.375. The summed E-state index contributed by atoms with van der Waals surface area (Å²) in [6, 6.07) is 13.7. The van der Waals surface area contributed by atoms with Gasteiger partial charge in [-0.15, -0.1) is 0 Å². The van der Waals surface area contributed by atoms with Gasteiger partial charge in [0, 0.05) is 5.56 Å². The van der Waals surface area contributed by atoms with Crippen LogP contribution in [-0.2, 0) is 16.0 Å². The van der Waals surface area contributed by atoms with Crippen molar-refractivity contribution in [1.82, 2.24) is 10.6 Å².